The van der Waals surface area contributed by atoms with Crippen molar-refractivity contribution in [2.24, 2.45) is 0 Å². The van der Waals surface area contributed by atoms with Gasteiger partial charge in [0.15, 0.2) is 0 Å². The van der Waals surface area contributed by atoms with E-state index in [4.69, 9.17) is 21.8 Å². The minimum absolute atomic E-state index is 0.149. The molecule has 0 heterocycles. The summed E-state index contributed by atoms with van der Waals surface area (Å²) in [6, 6.07) is 3.28. The molecule has 0 radical (unpaired) electrons. The van der Waals surface area contributed by atoms with Crippen molar-refractivity contribution in [2.75, 3.05) is 5.32 Å². The van der Waals surface area contributed by atoms with Gasteiger partial charge in [0.2, 0.25) is 5.60 Å². The van der Waals surface area contributed by atoms with Gasteiger partial charge >= 0.3 is 6.18 Å². The number of carbonyl (C=O) groups excluding carboxylic acids is 1. The maximum Gasteiger partial charge on any atom is 0.426 e. The van der Waals surface area contributed by atoms with Crippen LogP contribution in [-0.4, -0.2) is 27.9 Å². The fourth-order valence-electron chi connectivity index (χ4n) is 0.978. The number of amides is 1. The van der Waals surface area contributed by atoms with E-state index >= 15 is 0 Å². The summed E-state index contributed by atoms with van der Waals surface area (Å²) in [6.07, 6.45) is -5.11. The third-order valence-electron chi connectivity index (χ3n) is 2.19. The maximum atomic E-state index is 12.4. The molecule has 0 aliphatic heterocycles. The van der Waals surface area contributed by atoms with Gasteiger partial charge in [-0.05, 0) is 19.1 Å². The molecule has 100 valence electrons. The fraction of sp³-hybridized carbons (Fsp3) is 0.300. The van der Waals surface area contributed by atoms with E-state index in [1.807, 2.05) is 5.32 Å². The number of anilines is 1. The molecule has 4 nitrogen and oxygen atoms in total. The molecule has 0 saturated heterocycles. The highest BCUT2D eigenvalue weighted by Crippen LogP contribution is 2.32. The summed E-state index contributed by atoms with van der Waals surface area (Å²) in [4.78, 5) is 11.3. The Hall–Kier alpha value is -1.47. The molecule has 0 unspecified atom stereocenters. The van der Waals surface area contributed by atoms with Crippen LogP contribution in [0, 0.1) is 0 Å². The van der Waals surface area contributed by atoms with Crippen LogP contribution in [0.2, 0.25) is 5.02 Å². The number of phenolic OH excluding ortho intramolecular Hbond substituents is 1. The standard InChI is InChI=1S/C10H9ClF3NO3/c1-9(18,10(12,13)14)8(17)15-7-3-2-5(16)4-6(7)11/h2-4,16,18H,1H3,(H,15,17)/t9-/m1/s1. The van der Waals surface area contributed by atoms with Gasteiger partial charge < -0.3 is 15.5 Å². The molecule has 0 fully saturated rings. The van der Waals surface area contributed by atoms with Gasteiger partial charge in [-0.2, -0.15) is 13.2 Å². The third kappa shape index (κ3) is 2.85. The molecule has 1 rings (SSSR count). The van der Waals surface area contributed by atoms with Crippen LogP contribution in [0.4, 0.5) is 18.9 Å². The Morgan fingerprint density at radius 1 is 1.39 bits per heavy atom. The van der Waals surface area contributed by atoms with Crippen molar-refractivity contribution in [1.82, 2.24) is 0 Å². The molecule has 8 heteroatoms. The number of phenols is 1. The minimum atomic E-state index is -5.11. The van der Waals surface area contributed by atoms with Gasteiger partial charge in [-0.1, -0.05) is 11.6 Å². The van der Waals surface area contributed by atoms with Gasteiger partial charge in [-0.25, -0.2) is 0 Å². The zero-order chi connectivity index (χ0) is 14.1. The first-order valence-corrected chi connectivity index (χ1v) is 5.02. The van der Waals surface area contributed by atoms with E-state index in [0.29, 0.717) is 6.92 Å². The summed E-state index contributed by atoms with van der Waals surface area (Å²) in [5.74, 6) is -1.87. The van der Waals surface area contributed by atoms with Crippen molar-refractivity contribution in [3.05, 3.63) is 23.2 Å². The number of hydrogen-bond donors (Lipinski definition) is 3. The van der Waals surface area contributed by atoms with Crippen LogP contribution in [0.3, 0.4) is 0 Å². The van der Waals surface area contributed by atoms with E-state index < -0.39 is 17.7 Å². The van der Waals surface area contributed by atoms with Gasteiger partial charge in [0.25, 0.3) is 5.91 Å². The molecule has 0 aliphatic carbocycles. The molecule has 0 bridgehead atoms. The van der Waals surface area contributed by atoms with Gasteiger partial charge in [-0.3, -0.25) is 4.79 Å². The van der Waals surface area contributed by atoms with Crippen molar-refractivity contribution in [2.45, 2.75) is 18.7 Å². The monoisotopic (exact) mass is 283 g/mol. The summed E-state index contributed by atoms with van der Waals surface area (Å²) in [5.41, 5.74) is -3.68. The second-order valence-electron chi connectivity index (χ2n) is 3.69. The van der Waals surface area contributed by atoms with Crippen LogP contribution in [0.1, 0.15) is 6.92 Å². The Bertz CT molecular complexity index is 474. The van der Waals surface area contributed by atoms with Crippen molar-refractivity contribution < 1.29 is 28.2 Å². The molecule has 18 heavy (non-hydrogen) atoms. The number of nitrogens with one attached hydrogen (secondary N) is 1. The molecular formula is C10H9ClF3NO3. The number of halogens is 4. The maximum absolute atomic E-state index is 12.4. The predicted molar refractivity (Wildman–Crippen MR) is 58.4 cm³/mol. The first-order valence-electron chi connectivity index (χ1n) is 4.65. The number of alkyl halides is 3. The van der Waals surface area contributed by atoms with E-state index in [9.17, 15) is 18.0 Å². The van der Waals surface area contributed by atoms with Crippen LogP contribution in [0.5, 0.6) is 5.75 Å². The number of benzene rings is 1. The molecule has 1 amide bonds. The largest absolute Gasteiger partial charge is 0.508 e. The Labute approximate surface area is 105 Å². The highest BCUT2D eigenvalue weighted by molar-refractivity contribution is 6.33. The predicted octanol–water partition coefficient (Wildman–Crippen LogP) is 2.30. The molecule has 1 atom stereocenters. The lowest BCUT2D eigenvalue weighted by Gasteiger charge is -2.25. The first kappa shape index (κ1) is 14.6. The van der Waals surface area contributed by atoms with E-state index in [0.717, 1.165) is 18.2 Å². The molecule has 1 aromatic carbocycles. The molecule has 0 aliphatic rings. The number of aromatic hydroxyl groups is 1. The normalized spacial score (nSPS) is 15.0. The van der Waals surface area contributed by atoms with Crippen molar-refractivity contribution >= 4 is 23.2 Å². The summed E-state index contributed by atoms with van der Waals surface area (Å²) in [6.45, 7) is 0.330. The number of rotatable bonds is 2. The van der Waals surface area contributed by atoms with Crippen LogP contribution >= 0.6 is 11.6 Å². The second-order valence-corrected chi connectivity index (χ2v) is 4.10. The van der Waals surface area contributed by atoms with Crippen molar-refractivity contribution in [3.63, 3.8) is 0 Å². The molecular weight excluding hydrogens is 275 g/mol. The molecule has 0 aromatic heterocycles. The van der Waals surface area contributed by atoms with Crippen LogP contribution in [0.15, 0.2) is 18.2 Å². The zero-order valence-corrected chi connectivity index (χ0v) is 9.80. The quantitative estimate of drug-likeness (QED) is 0.730. The summed E-state index contributed by atoms with van der Waals surface area (Å²) in [7, 11) is 0. The number of hydrogen-bond acceptors (Lipinski definition) is 3. The summed E-state index contributed by atoms with van der Waals surface area (Å²) in [5, 5.41) is 19.8. The van der Waals surface area contributed by atoms with Crippen LogP contribution < -0.4 is 5.32 Å². The average Bonchev–Trinajstić information content (AvgIpc) is 2.20. The Balaban J connectivity index is 2.95. The van der Waals surface area contributed by atoms with Crippen molar-refractivity contribution in [3.8, 4) is 5.75 Å². The van der Waals surface area contributed by atoms with Crippen LogP contribution in [-0.2, 0) is 4.79 Å². The van der Waals surface area contributed by atoms with Gasteiger partial charge in [-0.15, -0.1) is 0 Å². The highest BCUT2D eigenvalue weighted by Gasteiger charge is 2.55. The Morgan fingerprint density at radius 3 is 2.39 bits per heavy atom. The van der Waals surface area contributed by atoms with E-state index in [-0.39, 0.29) is 16.5 Å². The fourth-order valence-corrected chi connectivity index (χ4v) is 1.20. The minimum Gasteiger partial charge on any atom is -0.508 e. The topological polar surface area (TPSA) is 69.6 Å². The number of aliphatic hydroxyl groups is 1. The smallest absolute Gasteiger partial charge is 0.426 e. The average molecular weight is 284 g/mol. The molecule has 1 aromatic rings. The lowest BCUT2D eigenvalue weighted by Crippen LogP contribution is -2.52. The van der Waals surface area contributed by atoms with Gasteiger partial charge in [0, 0.05) is 6.07 Å². The lowest BCUT2D eigenvalue weighted by atomic mass is 10.1. The van der Waals surface area contributed by atoms with E-state index in [2.05, 4.69) is 0 Å². The molecule has 0 spiro atoms. The van der Waals surface area contributed by atoms with E-state index in [1.54, 1.807) is 0 Å². The SMILES string of the molecule is C[C@@](O)(C(=O)Nc1ccc(O)cc1Cl)C(F)(F)F. The highest BCUT2D eigenvalue weighted by atomic mass is 35.5. The zero-order valence-electron chi connectivity index (χ0n) is 9.05. The summed E-state index contributed by atoms with van der Waals surface area (Å²) < 4.78 is 37.1. The molecule has 3 N–H and O–H groups in total. The molecule has 0 saturated carbocycles. The second kappa shape index (κ2) is 4.66. The first-order chi connectivity index (χ1) is 8.05. The Kier molecular flexibility index (Phi) is 3.78. The summed E-state index contributed by atoms with van der Waals surface area (Å²) >= 11 is 5.60. The lowest BCUT2D eigenvalue weighted by molar-refractivity contribution is -0.242. The van der Waals surface area contributed by atoms with Gasteiger partial charge in [0.1, 0.15) is 5.75 Å². The number of carbonyl (C=O) groups is 1. The van der Waals surface area contributed by atoms with E-state index in [1.165, 1.54) is 0 Å². The van der Waals surface area contributed by atoms with Gasteiger partial charge in [0.05, 0.1) is 10.7 Å². The third-order valence-corrected chi connectivity index (χ3v) is 2.51. The van der Waals surface area contributed by atoms with Crippen molar-refractivity contribution in [1.29, 1.82) is 0 Å². The Morgan fingerprint density at radius 2 is 1.94 bits per heavy atom. The van der Waals surface area contributed by atoms with Crippen LogP contribution in [0.25, 0.3) is 0 Å².